The molecule has 0 radical (unpaired) electrons. The molecule has 4 nitrogen and oxygen atoms in total. The SMILES string of the molecule is CC1C(CCO)S(=O)(=O)c2ccccc2N1C. The van der Waals surface area contributed by atoms with Gasteiger partial charge in [0, 0.05) is 19.7 Å². The number of nitrogens with zero attached hydrogens (tertiary/aromatic N) is 1. The first-order chi connectivity index (χ1) is 8.00. The molecule has 17 heavy (non-hydrogen) atoms. The molecule has 0 fully saturated rings. The molecule has 2 rings (SSSR count). The van der Waals surface area contributed by atoms with Gasteiger partial charge < -0.3 is 10.0 Å². The van der Waals surface area contributed by atoms with E-state index < -0.39 is 15.1 Å². The Bertz CT molecular complexity index is 512. The monoisotopic (exact) mass is 255 g/mol. The average Bonchev–Trinajstić information content (AvgIpc) is 2.32. The Morgan fingerprint density at radius 2 is 2.00 bits per heavy atom. The van der Waals surface area contributed by atoms with E-state index in [1.807, 2.05) is 31.0 Å². The number of hydrogen-bond donors (Lipinski definition) is 1. The van der Waals surface area contributed by atoms with E-state index in [1.165, 1.54) is 0 Å². The standard InChI is InChI=1S/C12H17NO3S/c1-9-11(7-8-14)17(15,16)12-6-4-3-5-10(12)13(9)2/h3-6,9,11,14H,7-8H2,1-2H3. The molecule has 2 atom stereocenters. The lowest BCUT2D eigenvalue weighted by atomic mass is 10.1. The Morgan fingerprint density at radius 1 is 1.35 bits per heavy atom. The Hall–Kier alpha value is -1.07. The van der Waals surface area contributed by atoms with Crippen LogP contribution in [0.25, 0.3) is 0 Å². The third kappa shape index (κ3) is 1.83. The third-order valence-corrected chi connectivity index (χ3v) is 5.90. The summed E-state index contributed by atoms with van der Waals surface area (Å²) in [6.07, 6.45) is 0.280. The third-order valence-electron chi connectivity index (χ3n) is 3.51. The van der Waals surface area contributed by atoms with Crippen molar-refractivity contribution >= 4 is 15.5 Å². The highest BCUT2D eigenvalue weighted by atomic mass is 32.2. The molecular formula is C12H17NO3S. The normalized spacial score (nSPS) is 26.6. The zero-order valence-corrected chi connectivity index (χ0v) is 10.8. The minimum atomic E-state index is -3.33. The van der Waals surface area contributed by atoms with Gasteiger partial charge in [-0.3, -0.25) is 0 Å². The molecule has 5 heteroatoms. The van der Waals surface area contributed by atoms with Gasteiger partial charge in [0.2, 0.25) is 0 Å². The van der Waals surface area contributed by atoms with Crippen molar-refractivity contribution in [3.05, 3.63) is 24.3 Å². The molecule has 1 aliphatic rings. The molecule has 0 spiro atoms. The van der Waals surface area contributed by atoms with E-state index in [2.05, 4.69) is 0 Å². The lowest BCUT2D eigenvalue weighted by Gasteiger charge is -2.39. The molecule has 0 saturated carbocycles. The molecule has 0 amide bonds. The van der Waals surface area contributed by atoms with Crippen LogP contribution in [-0.2, 0) is 9.84 Å². The largest absolute Gasteiger partial charge is 0.396 e. The number of benzene rings is 1. The van der Waals surface area contributed by atoms with E-state index in [1.54, 1.807) is 12.1 Å². The van der Waals surface area contributed by atoms with Crippen LogP contribution in [0.2, 0.25) is 0 Å². The Labute approximate surface area is 102 Å². The first-order valence-electron chi connectivity index (χ1n) is 5.66. The topological polar surface area (TPSA) is 57.6 Å². The van der Waals surface area contributed by atoms with Crippen molar-refractivity contribution in [2.24, 2.45) is 0 Å². The maximum absolute atomic E-state index is 12.4. The Balaban J connectivity index is 2.60. The maximum atomic E-state index is 12.4. The predicted molar refractivity (Wildman–Crippen MR) is 67.0 cm³/mol. The zero-order valence-electron chi connectivity index (χ0n) is 10.00. The van der Waals surface area contributed by atoms with E-state index in [9.17, 15) is 8.42 Å². The van der Waals surface area contributed by atoms with Crippen LogP contribution in [0, 0.1) is 0 Å². The van der Waals surface area contributed by atoms with Crippen molar-refractivity contribution in [2.45, 2.75) is 29.5 Å². The van der Waals surface area contributed by atoms with E-state index >= 15 is 0 Å². The number of aliphatic hydroxyl groups excluding tert-OH is 1. The van der Waals surface area contributed by atoms with Gasteiger partial charge in [0.15, 0.2) is 9.84 Å². The Morgan fingerprint density at radius 3 is 2.65 bits per heavy atom. The fraction of sp³-hybridized carbons (Fsp3) is 0.500. The second kappa shape index (κ2) is 4.31. The number of fused-ring (bicyclic) bond motifs is 1. The highest BCUT2D eigenvalue weighted by Crippen LogP contribution is 2.36. The van der Waals surface area contributed by atoms with Gasteiger partial charge in [-0.15, -0.1) is 0 Å². The number of anilines is 1. The summed E-state index contributed by atoms with van der Waals surface area (Å²) in [6, 6.07) is 6.90. The lowest BCUT2D eigenvalue weighted by molar-refractivity contribution is 0.280. The second-order valence-corrected chi connectivity index (χ2v) is 6.55. The van der Waals surface area contributed by atoms with Crippen molar-refractivity contribution in [3.8, 4) is 0 Å². The predicted octanol–water partition coefficient (Wildman–Crippen LogP) is 1.05. The van der Waals surface area contributed by atoms with Crippen LogP contribution in [0.15, 0.2) is 29.2 Å². The van der Waals surface area contributed by atoms with Gasteiger partial charge >= 0.3 is 0 Å². The average molecular weight is 255 g/mol. The molecule has 0 bridgehead atoms. The molecule has 0 aromatic heterocycles. The van der Waals surface area contributed by atoms with Crippen LogP contribution in [-0.4, -0.2) is 38.5 Å². The lowest BCUT2D eigenvalue weighted by Crippen LogP contribution is -2.48. The van der Waals surface area contributed by atoms with Gasteiger partial charge in [-0.2, -0.15) is 0 Å². The van der Waals surface area contributed by atoms with Gasteiger partial charge in [0.1, 0.15) is 0 Å². The van der Waals surface area contributed by atoms with Gasteiger partial charge in [-0.25, -0.2) is 8.42 Å². The minimum Gasteiger partial charge on any atom is -0.396 e. The number of rotatable bonds is 2. The van der Waals surface area contributed by atoms with E-state index in [-0.39, 0.29) is 19.1 Å². The van der Waals surface area contributed by atoms with E-state index in [4.69, 9.17) is 5.11 Å². The number of para-hydroxylation sites is 1. The second-order valence-electron chi connectivity index (χ2n) is 4.41. The van der Waals surface area contributed by atoms with Crippen molar-refractivity contribution in [1.29, 1.82) is 0 Å². The van der Waals surface area contributed by atoms with Crippen LogP contribution in [0.3, 0.4) is 0 Å². The van der Waals surface area contributed by atoms with Crippen molar-refractivity contribution in [1.82, 2.24) is 0 Å². The van der Waals surface area contributed by atoms with E-state index in [0.29, 0.717) is 4.90 Å². The summed E-state index contributed by atoms with van der Waals surface area (Å²) < 4.78 is 24.8. The van der Waals surface area contributed by atoms with Crippen molar-refractivity contribution < 1.29 is 13.5 Å². The summed E-state index contributed by atoms with van der Waals surface area (Å²) in [6.45, 7) is 1.78. The minimum absolute atomic E-state index is 0.107. The van der Waals surface area contributed by atoms with Gasteiger partial charge in [-0.05, 0) is 25.5 Å². The summed E-state index contributed by atoms with van der Waals surface area (Å²) >= 11 is 0. The maximum Gasteiger partial charge on any atom is 0.185 e. The van der Waals surface area contributed by atoms with Crippen LogP contribution < -0.4 is 4.90 Å². The molecule has 0 saturated heterocycles. The number of hydrogen-bond acceptors (Lipinski definition) is 4. The molecule has 94 valence electrons. The molecule has 2 unspecified atom stereocenters. The molecule has 1 aliphatic heterocycles. The van der Waals surface area contributed by atoms with Crippen molar-refractivity contribution in [3.63, 3.8) is 0 Å². The van der Waals surface area contributed by atoms with Crippen molar-refractivity contribution in [2.75, 3.05) is 18.6 Å². The highest BCUT2D eigenvalue weighted by molar-refractivity contribution is 7.92. The van der Waals surface area contributed by atoms with Crippen LogP contribution in [0.5, 0.6) is 0 Å². The summed E-state index contributed by atoms with van der Waals surface area (Å²) in [4.78, 5) is 2.34. The molecule has 1 N–H and O–H groups in total. The summed E-state index contributed by atoms with van der Waals surface area (Å²) in [7, 11) is -1.44. The summed E-state index contributed by atoms with van der Waals surface area (Å²) in [5.41, 5.74) is 0.745. The Kier molecular flexibility index (Phi) is 3.14. The first-order valence-corrected chi connectivity index (χ1v) is 7.21. The molecule has 1 heterocycles. The van der Waals surface area contributed by atoms with Crippen LogP contribution >= 0.6 is 0 Å². The van der Waals surface area contributed by atoms with Gasteiger partial charge in [0.05, 0.1) is 15.8 Å². The number of aliphatic hydroxyl groups is 1. The number of sulfone groups is 1. The molecule has 1 aromatic carbocycles. The zero-order chi connectivity index (χ0) is 12.6. The molecule has 0 aliphatic carbocycles. The van der Waals surface area contributed by atoms with E-state index in [0.717, 1.165) is 5.69 Å². The fourth-order valence-corrected chi connectivity index (χ4v) is 4.62. The molecular weight excluding hydrogens is 238 g/mol. The van der Waals surface area contributed by atoms with Crippen LogP contribution in [0.1, 0.15) is 13.3 Å². The van der Waals surface area contributed by atoms with Crippen LogP contribution in [0.4, 0.5) is 5.69 Å². The van der Waals surface area contributed by atoms with Gasteiger partial charge in [-0.1, -0.05) is 12.1 Å². The first kappa shape index (κ1) is 12.4. The summed E-state index contributed by atoms with van der Waals surface area (Å²) in [5.74, 6) is 0. The summed E-state index contributed by atoms with van der Waals surface area (Å²) in [5, 5.41) is 8.48. The fourth-order valence-electron chi connectivity index (χ4n) is 2.40. The quantitative estimate of drug-likeness (QED) is 0.858. The molecule has 1 aromatic rings. The van der Waals surface area contributed by atoms with Gasteiger partial charge in [0.25, 0.3) is 0 Å². The smallest absolute Gasteiger partial charge is 0.185 e. The highest BCUT2D eigenvalue weighted by Gasteiger charge is 2.40.